The molecule has 0 aromatic carbocycles. The SMILES string of the molecule is Ic1cccnc1C1=NC=C=NC=C1. The lowest BCUT2D eigenvalue weighted by atomic mass is 10.2. The van der Waals surface area contributed by atoms with Gasteiger partial charge in [0.15, 0.2) is 0 Å². The first-order valence-electron chi connectivity index (χ1n) is 4.00. The van der Waals surface area contributed by atoms with E-state index in [1.165, 1.54) is 0 Å². The molecule has 1 aliphatic heterocycles. The van der Waals surface area contributed by atoms with Gasteiger partial charge < -0.3 is 0 Å². The van der Waals surface area contributed by atoms with Crippen LogP contribution in [0.4, 0.5) is 0 Å². The molecular weight excluding hydrogens is 289 g/mol. The summed E-state index contributed by atoms with van der Waals surface area (Å²) < 4.78 is 1.07. The Labute approximate surface area is 95.1 Å². The predicted octanol–water partition coefficient (Wildman–Crippen LogP) is 2.19. The number of rotatable bonds is 1. The van der Waals surface area contributed by atoms with Crippen molar-refractivity contribution in [1.29, 1.82) is 0 Å². The molecule has 0 bridgehead atoms. The van der Waals surface area contributed by atoms with E-state index in [1.807, 2.05) is 18.2 Å². The van der Waals surface area contributed by atoms with Crippen LogP contribution in [0.2, 0.25) is 0 Å². The summed E-state index contributed by atoms with van der Waals surface area (Å²) in [6, 6.07) is 3.90. The Hall–Kier alpha value is -1.26. The molecule has 0 unspecified atom stereocenters. The Kier molecular flexibility index (Phi) is 2.86. The lowest BCUT2D eigenvalue weighted by Crippen LogP contribution is -2.02. The number of halogens is 1. The van der Waals surface area contributed by atoms with Gasteiger partial charge in [-0.3, -0.25) is 4.98 Å². The highest BCUT2D eigenvalue weighted by atomic mass is 127. The van der Waals surface area contributed by atoms with Gasteiger partial charge in [0.25, 0.3) is 0 Å². The highest BCUT2D eigenvalue weighted by molar-refractivity contribution is 14.1. The number of nitrogens with zero attached hydrogens (tertiary/aromatic N) is 3. The summed E-state index contributed by atoms with van der Waals surface area (Å²) in [4.78, 5) is 12.3. The molecule has 68 valence electrons. The minimum atomic E-state index is 0.809. The molecule has 14 heavy (non-hydrogen) atoms. The Morgan fingerprint density at radius 3 is 3.14 bits per heavy atom. The molecule has 0 fully saturated rings. The average molecular weight is 295 g/mol. The zero-order valence-corrected chi connectivity index (χ0v) is 9.34. The van der Waals surface area contributed by atoms with E-state index in [-0.39, 0.29) is 0 Å². The van der Waals surface area contributed by atoms with E-state index in [4.69, 9.17) is 0 Å². The maximum Gasteiger partial charge on any atom is 0.102 e. The number of aliphatic imine (C=N–C) groups is 2. The normalized spacial score (nSPS) is 13.9. The summed E-state index contributed by atoms with van der Waals surface area (Å²) in [6.45, 7) is 0. The Bertz CT molecular complexity index is 468. The highest BCUT2D eigenvalue weighted by Gasteiger charge is 2.05. The third-order valence-electron chi connectivity index (χ3n) is 1.64. The van der Waals surface area contributed by atoms with Gasteiger partial charge in [-0.15, -0.1) is 0 Å². The summed E-state index contributed by atoms with van der Waals surface area (Å²) in [6.07, 6.45) is 6.78. The van der Waals surface area contributed by atoms with Crippen LogP contribution in [-0.4, -0.2) is 16.6 Å². The largest absolute Gasteiger partial charge is 0.253 e. The van der Waals surface area contributed by atoms with Crippen LogP contribution in [0.5, 0.6) is 0 Å². The van der Waals surface area contributed by atoms with Gasteiger partial charge in [-0.05, 0) is 40.8 Å². The first-order chi connectivity index (χ1) is 6.88. The summed E-state index contributed by atoms with van der Waals surface area (Å²) in [7, 11) is 0. The summed E-state index contributed by atoms with van der Waals surface area (Å²) >= 11 is 2.23. The van der Waals surface area contributed by atoms with Crippen molar-refractivity contribution in [1.82, 2.24) is 4.98 Å². The third kappa shape index (κ3) is 1.97. The molecule has 0 radical (unpaired) electrons. The number of hydrogen-bond acceptors (Lipinski definition) is 3. The lowest BCUT2D eigenvalue weighted by Gasteiger charge is -2.00. The van der Waals surface area contributed by atoms with Crippen LogP contribution in [0.15, 0.2) is 46.8 Å². The average Bonchev–Trinajstić information content (AvgIpc) is 2.47. The molecule has 0 saturated heterocycles. The molecule has 1 aliphatic rings. The van der Waals surface area contributed by atoms with Crippen LogP contribution < -0.4 is 0 Å². The molecule has 0 atom stereocenters. The number of hydrogen-bond donors (Lipinski definition) is 0. The third-order valence-corrected chi connectivity index (χ3v) is 2.51. The van der Waals surface area contributed by atoms with Gasteiger partial charge in [0.1, 0.15) is 5.69 Å². The van der Waals surface area contributed by atoms with Crippen molar-refractivity contribution < 1.29 is 0 Å². The fraction of sp³-hybridized carbons (Fsp3) is 0. The van der Waals surface area contributed by atoms with Crippen LogP contribution in [0.3, 0.4) is 0 Å². The molecule has 1 aromatic heterocycles. The lowest BCUT2D eigenvalue weighted by molar-refractivity contribution is 1.27. The van der Waals surface area contributed by atoms with Gasteiger partial charge >= 0.3 is 0 Å². The molecular formula is C10H6IN3. The van der Waals surface area contributed by atoms with Crippen molar-refractivity contribution in [2.45, 2.75) is 0 Å². The Balaban J connectivity index is 2.46. The van der Waals surface area contributed by atoms with E-state index in [0.717, 1.165) is 15.0 Å². The van der Waals surface area contributed by atoms with E-state index in [1.54, 1.807) is 18.6 Å². The fourth-order valence-corrected chi connectivity index (χ4v) is 1.66. The van der Waals surface area contributed by atoms with Crippen molar-refractivity contribution in [3.63, 3.8) is 0 Å². The monoisotopic (exact) mass is 295 g/mol. The van der Waals surface area contributed by atoms with Crippen molar-refractivity contribution in [3.05, 3.63) is 46.1 Å². The number of allylic oxidation sites excluding steroid dienone is 1. The molecule has 0 aliphatic carbocycles. The summed E-state index contributed by atoms with van der Waals surface area (Å²) in [5, 5.41) is 0. The summed E-state index contributed by atoms with van der Waals surface area (Å²) in [5.74, 6) is 2.66. The van der Waals surface area contributed by atoms with Crippen LogP contribution in [0.1, 0.15) is 5.69 Å². The smallest absolute Gasteiger partial charge is 0.102 e. The van der Waals surface area contributed by atoms with Crippen LogP contribution in [-0.2, 0) is 0 Å². The minimum absolute atomic E-state index is 0.809. The van der Waals surface area contributed by atoms with Crippen molar-refractivity contribution in [2.75, 3.05) is 0 Å². The van der Waals surface area contributed by atoms with E-state index in [2.05, 4.69) is 43.4 Å². The van der Waals surface area contributed by atoms with Crippen LogP contribution in [0.25, 0.3) is 0 Å². The zero-order chi connectivity index (χ0) is 9.80. The molecule has 3 nitrogen and oxygen atoms in total. The fourth-order valence-electron chi connectivity index (χ4n) is 1.04. The molecule has 4 heteroatoms. The Morgan fingerprint density at radius 1 is 1.36 bits per heavy atom. The van der Waals surface area contributed by atoms with Crippen molar-refractivity contribution in [2.24, 2.45) is 9.98 Å². The maximum atomic E-state index is 4.26. The van der Waals surface area contributed by atoms with Gasteiger partial charge in [-0.25, -0.2) is 9.98 Å². The summed E-state index contributed by atoms with van der Waals surface area (Å²) in [5.41, 5.74) is 1.68. The van der Waals surface area contributed by atoms with Gasteiger partial charge in [0.2, 0.25) is 0 Å². The molecule has 0 amide bonds. The van der Waals surface area contributed by atoms with Gasteiger partial charge in [0.05, 0.1) is 11.9 Å². The molecule has 0 N–H and O–H groups in total. The number of pyridine rings is 1. The molecule has 2 heterocycles. The van der Waals surface area contributed by atoms with Gasteiger partial charge in [0, 0.05) is 21.8 Å². The van der Waals surface area contributed by atoms with E-state index < -0.39 is 0 Å². The van der Waals surface area contributed by atoms with E-state index in [0.29, 0.717) is 0 Å². The minimum Gasteiger partial charge on any atom is -0.253 e. The van der Waals surface area contributed by atoms with Crippen LogP contribution in [0, 0.1) is 3.57 Å². The second kappa shape index (κ2) is 4.30. The van der Waals surface area contributed by atoms with E-state index >= 15 is 0 Å². The van der Waals surface area contributed by atoms with Crippen LogP contribution >= 0.6 is 22.6 Å². The second-order valence-electron chi connectivity index (χ2n) is 2.55. The first-order valence-corrected chi connectivity index (χ1v) is 5.08. The quantitative estimate of drug-likeness (QED) is 0.732. The van der Waals surface area contributed by atoms with Crippen molar-refractivity contribution >= 4 is 34.2 Å². The first kappa shape index (κ1) is 9.30. The Morgan fingerprint density at radius 2 is 2.29 bits per heavy atom. The van der Waals surface area contributed by atoms with Gasteiger partial charge in [-0.1, -0.05) is 0 Å². The van der Waals surface area contributed by atoms with Crippen molar-refractivity contribution in [3.8, 4) is 0 Å². The topological polar surface area (TPSA) is 37.6 Å². The maximum absolute atomic E-state index is 4.26. The predicted molar refractivity (Wildman–Crippen MR) is 64.6 cm³/mol. The zero-order valence-electron chi connectivity index (χ0n) is 7.18. The molecule has 1 aromatic rings. The molecule has 0 saturated carbocycles. The number of aromatic nitrogens is 1. The molecule has 0 spiro atoms. The second-order valence-corrected chi connectivity index (χ2v) is 3.71. The van der Waals surface area contributed by atoms with Gasteiger partial charge in [-0.2, -0.15) is 0 Å². The standard InChI is InChI=1S/C10H6IN3/c11-8-2-1-4-14-10(8)9-3-5-12-6-7-13-9/h1-5,7H. The molecule has 2 rings (SSSR count). The highest BCUT2D eigenvalue weighted by Crippen LogP contribution is 2.11. The van der Waals surface area contributed by atoms with E-state index in [9.17, 15) is 0 Å².